The summed E-state index contributed by atoms with van der Waals surface area (Å²) in [5.41, 5.74) is 2.26. The summed E-state index contributed by atoms with van der Waals surface area (Å²) in [6.45, 7) is 4.74. The summed E-state index contributed by atoms with van der Waals surface area (Å²) in [6.07, 6.45) is 10.2. The molecule has 2 aromatic rings. The standard InChI is InChI=1S/C14H19NO.C10H14FN/c1-4-9-15-13(5-1)12-6-10-16-14(11-12)7-2-3-8-14;1-2-12-8-7-9-5-3-4-6-10(9)11/h1,4-5,9,12H,2-3,6-8,10-11H2;3-6,12H,2,7-8H2,1H3. The van der Waals surface area contributed by atoms with Gasteiger partial charge >= 0.3 is 0 Å². The van der Waals surface area contributed by atoms with E-state index in [-0.39, 0.29) is 11.4 Å². The van der Waals surface area contributed by atoms with Gasteiger partial charge in [-0.05, 0) is 69.0 Å². The van der Waals surface area contributed by atoms with Crippen molar-refractivity contribution in [1.29, 1.82) is 0 Å². The van der Waals surface area contributed by atoms with Gasteiger partial charge in [0.25, 0.3) is 0 Å². The van der Waals surface area contributed by atoms with Gasteiger partial charge in [0.2, 0.25) is 0 Å². The zero-order valence-corrected chi connectivity index (χ0v) is 17.0. The molecule has 1 saturated heterocycles. The summed E-state index contributed by atoms with van der Waals surface area (Å²) in [5, 5.41) is 3.16. The van der Waals surface area contributed by atoms with Crippen molar-refractivity contribution in [2.45, 2.75) is 63.4 Å². The smallest absolute Gasteiger partial charge is 0.126 e. The van der Waals surface area contributed by atoms with Crippen LogP contribution in [-0.4, -0.2) is 30.3 Å². The Balaban J connectivity index is 0.000000169. The predicted molar refractivity (Wildman–Crippen MR) is 112 cm³/mol. The third-order valence-electron chi connectivity index (χ3n) is 5.89. The minimum atomic E-state index is -0.101. The summed E-state index contributed by atoms with van der Waals surface area (Å²) in [4.78, 5) is 4.50. The van der Waals surface area contributed by atoms with Crippen molar-refractivity contribution in [1.82, 2.24) is 10.3 Å². The van der Waals surface area contributed by atoms with Crippen molar-refractivity contribution >= 4 is 0 Å². The molecule has 4 rings (SSSR count). The lowest BCUT2D eigenvalue weighted by Crippen LogP contribution is -2.36. The van der Waals surface area contributed by atoms with E-state index in [9.17, 15) is 4.39 Å². The highest BCUT2D eigenvalue weighted by molar-refractivity contribution is 5.17. The molecule has 4 heteroatoms. The van der Waals surface area contributed by atoms with E-state index in [1.54, 1.807) is 6.07 Å². The third-order valence-corrected chi connectivity index (χ3v) is 5.89. The van der Waals surface area contributed by atoms with Crippen LogP contribution in [0.5, 0.6) is 0 Å². The number of likely N-dealkylation sites (N-methyl/N-ethyl adjacent to an activating group) is 1. The molecule has 2 aliphatic rings. The highest BCUT2D eigenvalue weighted by Gasteiger charge is 2.40. The van der Waals surface area contributed by atoms with Crippen molar-refractivity contribution in [2.75, 3.05) is 19.7 Å². The van der Waals surface area contributed by atoms with Gasteiger partial charge in [0.05, 0.1) is 5.60 Å². The van der Waals surface area contributed by atoms with Crippen LogP contribution in [0.25, 0.3) is 0 Å². The van der Waals surface area contributed by atoms with Crippen LogP contribution in [0.2, 0.25) is 0 Å². The fourth-order valence-electron chi connectivity index (χ4n) is 4.37. The SMILES string of the molecule is CCNCCc1ccccc1F.c1ccc(C2CCOC3(CCCC3)C2)nc1. The molecule has 152 valence electrons. The molecular weight excluding hydrogens is 351 g/mol. The second-order valence-electron chi connectivity index (χ2n) is 7.88. The van der Waals surface area contributed by atoms with Gasteiger partial charge in [0, 0.05) is 24.4 Å². The topological polar surface area (TPSA) is 34.1 Å². The number of nitrogens with zero attached hydrogens (tertiary/aromatic N) is 1. The lowest BCUT2D eigenvalue weighted by molar-refractivity contribution is -0.0809. The Morgan fingerprint density at radius 1 is 1.14 bits per heavy atom. The van der Waals surface area contributed by atoms with Crippen LogP contribution in [0, 0.1) is 5.82 Å². The first kappa shape index (κ1) is 20.9. The van der Waals surface area contributed by atoms with Crippen molar-refractivity contribution in [3.63, 3.8) is 0 Å². The van der Waals surface area contributed by atoms with Crippen LogP contribution >= 0.6 is 0 Å². The second kappa shape index (κ2) is 10.7. The largest absolute Gasteiger partial charge is 0.375 e. The molecule has 0 amide bonds. The Bertz CT molecular complexity index is 701. The number of aromatic nitrogens is 1. The van der Waals surface area contributed by atoms with Gasteiger partial charge < -0.3 is 10.1 Å². The number of hydrogen-bond acceptors (Lipinski definition) is 3. The van der Waals surface area contributed by atoms with Crippen molar-refractivity contribution in [3.8, 4) is 0 Å². The zero-order chi connectivity index (χ0) is 19.7. The molecule has 1 N–H and O–H groups in total. The summed E-state index contributed by atoms with van der Waals surface area (Å²) < 4.78 is 19.0. The van der Waals surface area contributed by atoms with Crippen LogP contribution in [0.4, 0.5) is 4.39 Å². The van der Waals surface area contributed by atoms with Gasteiger partial charge in [-0.25, -0.2) is 4.39 Å². The maximum absolute atomic E-state index is 13.0. The monoisotopic (exact) mass is 384 g/mol. The van der Waals surface area contributed by atoms with E-state index in [0.717, 1.165) is 38.1 Å². The normalized spacial score (nSPS) is 20.6. The molecule has 1 aliphatic carbocycles. The van der Waals surface area contributed by atoms with Crippen LogP contribution in [0.15, 0.2) is 48.7 Å². The van der Waals surface area contributed by atoms with Crippen LogP contribution < -0.4 is 5.32 Å². The lowest BCUT2D eigenvalue weighted by atomic mass is 9.83. The molecule has 28 heavy (non-hydrogen) atoms. The van der Waals surface area contributed by atoms with E-state index >= 15 is 0 Å². The zero-order valence-electron chi connectivity index (χ0n) is 17.0. The molecule has 2 heterocycles. The van der Waals surface area contributed by atoms with Crippen LogP contribution in [-0.2, 0) is 11.2 Å². The second-order valence-corrected chi connectivity index (χ2v) is 7.88. The average molecular weight is 385 g/mol. The van der Waals surface area contributed by atoms with Gasteiger partial charge in [-0.1, -0.05) is 44.0 Å². The van der Waals surface area contributed by atoms with E-state index in [1.807, 2.05) is 31.3 Å². The Morgan fingerprint density at radius 3 is 2.64 bits per heavy atom. The van der Waals surface area contributed by atoms with Gasteiger partial charge in [-0.3, -0.25) is 4.98 Å². The molecular formula is C24H33FN2O. The molecule has 1 aromatic heterocycles. The molecule has 1 aromatic carbocycles. The fraction of sp³-hybridized carbons (Fsp3) is 0.542. The number of halogens is 1. The van der Waals surface area contributed by atoms with Gasteiger partial charge in [0.15, 0.2) is 0 Å². The molecule has 1 aliphatic heterocycles. The quantitative estimate of drug-likeness (QED) is 0.714. The van der Waals surface area contributed by atoms with Crippen LogP contribution in [0.3, 0.4) is 0 Å². The van der Waals surface area contributed by atoms with Crippen molar-refractivity contribution in [3.05, 3.63) is 65.7 Å². The minimum Gasteiger partial charge on any atom is -0.375 e. The summed E-state index contributed by atoms with van der Waals surface area (Å²) in [7, 11) is 0. The molecule has 2 fully saturated rings. The van der Waals surface area contributed by atoms with Gasteiger partial charge in [0.1, 0.15) is 5.82 Å². The summed E-state index contributed by atoms with van der Waals surface area (Å²) in [6, 6.07) is 13.2. The van der Waals surface area contributed by atoms with E-state index in [4.69, 9.17) is 4.74 Å². The van der Waals surface area contributed by atoms with Crippen molar-refractivity contribution in [2.24, 2.45) is 0 Å². The number of benzene rings is 1. The first-order valence-corrected chi connectivity index (χ1v) is 10.7. The first-order chi connectivity index (χ1) is 13.7. The van der Waals surface area contributed by atoms with E-state index in [0.29, 0.717) is 5.92 Å². The molecule has 1 atom stereocenters. The molecule has 1 unspecified atom stereocenters. The molecule has 3 nitrogen and oxygen atoms in total. The maximum atomic E-state index is 13.0. The number of pyridine rings is 1. The highest BCUT2D eigenvalue weighted by atomic mass is 19.1. The molecule has 0 bridgehead atoms. The van der Waals surface area contributed by atoms with Gasteiger partial charge in [-0.15, -0.1) is 0 Å². The minimum absolute atomic E-state index is 0.101. The highest BCUT2D eigenvalue weighted by Crippen LogP contribution is 2.44. The molecule has 1 saturated carbocycles. The first-order valence-electron chi connectivity index (χ1n) is 10.7. The average Bonchev–Trinajstić information content (AvgIpc) is 3.18. The van der Waals surface area contributed by atoms with Gasteiger partial charge in [-0.2, -0.15) is 0 Å². The third kappa shape index (κ3) is 5.86. The Labute approximate surface area is 168 Å². The number of ether oxygens (including phenoxy) is 1. The molecule has 0 radical (unpaired) electrons. The fourth-order valence-corrected chi connectivity index (χ4v) is 4.37. The Kier molecular flexibility index (Phi) is 7.99. The van der Waals surface area contributed by atoms with Crippen LogP contribution in [0.1, 0.15) is 62.6 Å². The lowest BCUT2D eigenvalue weighted by Gasteiger charge is -2.38. The number of hydrogen-bond donors (Lipinski definition) is 1. The van der Waals surface area contributed by atoms with E-state index in [2.05, 4.69) is 22.4 Å². The molecule has 1 spiro atoms. The summed E-state index contributed by atoms with van der Waals surface area (Å²) >= 11 is 0. The predicted octanol–water partition coefficient (Wildman–Crippen LogP) is 5.27. The Hall–Kier alpha value is -1.78. The van der Waals surface area contributed by atoms with E-state index in [1.165, 1.54) is 43.9 Å². The Morgan fingerprint density at radius 2 is 1.93 bits per heavy atom. The maximum Gasteiger partial charge on any atom is 0.126 e. The van der Waals surface area contributed by atoms with E-state index < -0.39 is 0 Å². The number of nitrogens with one attached hydrogen (secondary N) is 1. The number of rotatable bonds is 5. The summed E-state index contributed by atoms with van der Waals surface area (Å²) in [5.74, 6) is 0.517. The van der Waals surface area contributed by atoms with Crippen molar-refractivity contribution < 1.29 is 9.13 Å².